The molecule has 0 heterocycles. The first-order chi connectivity index (χ1) is 12.6. The minimum atomic E-state index is -0.00878. The third-order valence-corrected chi connectivity index (χ3v) is 3.96. The third-order valence-electron chi connectivity index (χ3n) is 3.96. The number of nitrogens with one attached hydrogen (secondary N) is 2. The highest BCUT2D eigenvalue weighted by Crippen LogP contribution is 2.39. The number of aryl methyl sites for hydroxylation is 1. The van der Waals surface area contributed by atoms with E-state index in [1.54, 1.807) is 21.3 Å². The molecule has 1 amide bonds. The van der Waals surface area contributed by atoms with E-state index in [-0.39, 0.29) is 5.91 Å². The number of anilines is 1. The van der Waals surface area contributed by atoms with Gasteiger partial charge in [0.15, 0.2) is 11.5 Å². The molecule has 2 rings (SSSR count). The Bertz CT molecular complexity index is 704. The van der Waals surface area contributed by atoms with Crippen LogP contribution >= 0.6 is 0 Å². The number of carbonyl (C=O) groups is 1. The molecule has 0 saturated carbocycles. The zero-order chi connectivity index (χ0) is 18.9. The van der Waals surface area contributed by atoms with E-state index in [1.807, 2.05) is 43.3 Å². The van der Waals surface area contributed by atoms with Gasteiger partial charge in [-0.3, -0.25) is 4.79 Å². The summed E-state index contributed by atoms with van der Waals surface area (Å²) in [5, 5.41) is 6.13. The average molecular weight is 358 g/mol. The molecule has 0 saturated heterocycles. The summed E-state index contributed by atoms with van der Waals surface area (Å²) in [6, 6.07) is 11.7. The molecule has 6 heteroatoms. The van der Waals surface area contributed by atoms with Gasteiger partial charge in [0.05, 0.1) is 21.3 Å². The van der Waals surface area contributed by atoms with Crippen LogP contribution in [0.2, 0.25) is 0 Å². The number of hydrogen-bond acceptors (Lipinski definition) is 5. The van der Waals surface area contributed by atoms with Gasteiger partial charge >= 0.3 is 0 Å². The van der Waals surface area contributed by atoms with Crippen molar-refractivity contribution in [3.8, 4) is 17.2 Å². The van der Waals surface area contributed by atoms with E-state index in [0.717, 1.165) is 11.3 Å². The molecule has 0 unspecified atom stereocenters. The van der Waals surface area contributed by atoms with Gasteiger partial charge in [-0.05, 0) is 12.5 Å². The number of carbonyl (C=O) groups excluding carboxylic acids is 1. The van der Waals surface area contributed by atoms with Crippen molar-refractivity contribution in [2.24, 2.45) is 0 Å². The fraction of sp³-hybridized carbons (Fsp3) is 0.350. The first kappa shape index (κ1) is 19.4. The second kappa shape index (κ2) is 9.56. The highest BCUT2D eigenvalue weighted by molar-refractivity contribution is 5.76. The van der Waals surface area contributed by atoms with Gasteiger partial charge in [0.2, 0.25) is 11.7 Å². The minimum absolute atomic E-state index is 0.00878. The quantitative estimate of drug-likeness (QED) is 0.721. The van der Waals surface area contributed by atoms with Crippen molar-refractivity contribution in [1.82, 2.24) is 5.32 Å². The van der Waals surface area contributed by atoms with Gasteiger partial charge in [-0.2, -0.15) is 0 Å². The molecule has 0 spiro atoms. The van der Waals surface area contributed by atoms with E-state index in [1.165, 1.54) is 5.56 Å². The smallest absolute Gasteiger partial charge is 0.222 e. The van der Waals surface area contributed by atoms with E-state index < -0.39 is 0 Å². The van der Waals surface area contributed by atoms with Crippen molar-refractivity contribution in [2.45, 2.75) is 19.9 Å². The van der Waals surface area contributed by atoms with Crippen molar-refractivity contribution in [3.05, 3.63) is 47.5 Å². The number of amides is 1. The fourth-order valence-corrected chi connectivity index (χ4v) is 2.50. The fourth-order valence-electron chi connectivity index (χ4n) is 2.50. The van der Waals surface area contributed by atoms with Crippen LogP contribution in [0.15, 0.2) is 36.4 Å². The molecule has 2 N–H and O–H groups in total. The molecule has 2 aromatic carbocycles. The Hall–Kier alpha value is -2.89. The lowest BCUT2D eigenvalue weighted by Crippen LogP contribution is -2.24. The Kier molecular flexibility index (Phi) is 7.14. The van der Waals surface area contributed by atoms with Crippen LogP contribution in [0.1, 0.15) is 17.5 Å². The second-order valence-corrected chi connectivity index (χ2v) is 5.85. The van der Waals surface area contributed by atoms with Crippen LogP contribution in [0.4, 0.5) is 5.69 Å². The number of hydrogen-bond donors (Lipinski definition) is 2. The molecule has 0 radical (unpaired) electrons. The Labute approximate surface area is 154 Å². The summed E-state index contributed by atoms with van der Waals surface area (Å²) in [4.78, 5) is 12.0. The number of methoxy groups -OCH3 is 3. The van der Waals surface area contributed by atoms with Crippen molar-refractivity contribution >= 4 is 11.6 Å². The van der Waals surface area contributed by atoms with Gasteiger partial charge in [-0.1, -0.05) is 29.8 Å². The van der Waals surface area contributed by atoms with Crippen molar-refractivity contribution in [1.29, 1.82) is 0 Å². The molecule has 0 aliphatic rings. The van der Waals surface area contributed by atoms with Crippen LogP contribution in [0, 0.1) is 6.92 Å². The zero-order valence-electron chi connectivity index (χ0n) is 15.7. The zero-order valence-corrected chi connectivity index (χ0v) is 15.7. The predicted molar refractivity (Wildman–Crippen MR) is 102 cm³/mol. The van der Waals surface area contributed by atoms with Crippen molar-refractivity contribution in [2.75, 3.05) is 33.2 Å². The summed E-state index contributed by atoms with van der Waals surface area (Å²) in [7, 11) is 4.70. The van der Waals surface area contributed by atoms with E-state index >= 15 is 0 Å². The van der Waals surface area contributed by atoms with E-state index in [4.69, 9.17) is 14.2 Å². The SMILES string of the molecule is COc1cc(NCCC(=O)NCc2ccc(C)cc2)cc(OC)c1OC. The maximum atomic E-state index is 12.0. The number of benzene rings is 2. The molecule has 26 heavy (non-hydrogen) atoms. The largest absolute Gasteiger partial charge is 0.493 e. The maximum absolute atomic E-state index is 12.0. The lowest BCUT2D eigenvalue weighted by Gasteiger charge is -2.15. The van der Waals surface area contributed by atoms with Gasteiger partial charge in [0.25, 0.3) is 0 Å². The molecular weight excluding hydrogens is 332 g/mol. The summed E-state index contributed by atoms with van der Waals surface area (Å²) in [5.41, 5.74) is 3.09. The lowest BCUT2D eigenvalue weighted by molar-refractivity contribution is -0.121. The molecule has 0 bridgehead atoms. The normalized spacial score (nSPS) is 10.2. The summed E-state index contributed by atoms with van der Waals surface area (Å²) in [6.45, 7) is 3.07. The van der Waals surface area contributed by atoms with Crippen LogP contribution in [0.5, 0.6) is 17.2 Å². The van der Waals surface area contributed by atoms with E-state index in [0.29, 0.717) is 36.8 Å². The van der Waals surface area contributed by atoms with Crippen LogP contribution in [-0.4, -0.2) is 33.8 Å². The summed E-state index contributed by atoms with van der Waals surface area (Å²) in [5.74, 6) is 1.67. The van der Waals surface area contributed by atoms with Crippen LogP contribution in [0.25, 0.3) is 0 Å². The molecule has 6 nitrogen and oxygen atoms in total. The Morgan fingerprint density at radius 2 is 1.58 bits per heavy atom. The Balaban J connectivity index is 1.84. The Morgan fingerprint density at radius 1 is 0.962 bits per heavy atom. The molecule has 0 aliphatic carbocycles. The van der Waals surface area contributed by atoms with Crippen LogP contribution in [0.3, 0.4) is 0 Å². The summed E-state index contributed by atoms with van der Waals surface area (Å²) in [6.07, 6.45) is 0.364. The van der Waals surface area contributed by atoms with Crippen molar-refractivity contribution < 1.29 is 19.0 Å². The highest BCUT2D eigenvalue weighted by atomic mass is 16.5. The molecule has 0 fully saturated rings. The summed E-state index contributed by atoms with van der Waals surface area (Å²) >= 11 is 0. The van der Waals surface area contributed by atoms with Gasteiger partial charge in [-0.15, -0.1) is 0 Å². The molecule has 0 aromatic heterocycles. The maximum Gasteiger partial charge on any atom is 0.222 e. The topological polar surface area (TPSA) is 68.8 Å². The predicted octanol–water partition coefficient (Wildman–Crippen LogP) is 3.14. The molecule has 0 atom stereocenters. The van der Waals surface area contributed by atoms with Crippen molar-refractivity contribution in [3.63, 3.8) is 0 Å². The van der Waals surface area contributed by atoms with E-state index in [9.17, 15) is 4.79 Å². The van der Waals surface area contributed by atoms with E-state index in [2.05, 4.69) is 10.6 Å². The average Bonchev–Trinajstić information content (AvgIpc) is 2.66. The number of rotatable bonds is 9. The molecule has 0 aliphatic heterocycles. The first-order valence-electron chi connectivity index (χ1n) is 8.43. The highest BCUT2D eigenvalue weighted by Gasteiger charge is 2.13. The van der Waals surface area contributed by atoms with Gasteiger partial charge in [0.1, 0.15) is 0 Å². The second-order valence-electron chi connectivity index (χ2n) is 5.85. The van der Waals surface area contributed by atoms with Gasteiger partial charge in [-0.25, -0.2) is 0 Å². The lowest BCUT2D eigenvalue weighted by atomic mass is 10.1. The first-order valence-corrected chi connectivity index (χ1v) is 8.43. The number of ether oxygens (including phenoxy) is 3. The molecular formula is C20H26N2O4. The molecule has 140 valence electrons. The molecule has 2 aromatic rings. The monoisotopic (exact) mass is 358 g/mol. The van der Waals surface area contributed by atoms with Crippen LogP contribution in [-0.2, 0) is 11.3 Å². The Morgan fingerprint density at radius 3 is 2.12 bits per heavy atom. The minimum Gasteiger partial charge on any atom is -0.493 e. The van der Waals surface area contributed by atoms with Crippen LogP contribution < -0.4 is 24.8 Å². The third kappa shape index (κ3) is 5.31. The summed E-state index contributed by atoms with van der Waals surface area (Å²) < 4.78 is 15.9. The van der Waals surface area contributed by atoms with Gasteiger partial charge < -0.3 is 24.8 Å². The van der Waals surface area contributed by atoms with Gasteiger partial charge in [0, 0.05) is 37.3 Å². The standard InChI is InChI=1S/C20H26N2O4/c1-14-5-7-15(8-6-14)13-22-19(23)9-10-21-16-11-17(24-2)20(26-4)18(12-16)25-3/h5-8,11-12,21H,9-10,13H2,1-4H3,(H,22,23).